The Kier molecular flexibility index (Phi) is 5.42. The monoisotopic (exact) mass is 331 g/mol. The molecule has 0 radical (unpaired) electrons. The van der Waals surface area contributed by atoms with Crippen molar-refractivity contribution in [2.75, 3.05) is 6.61 Å². The van der Waals surface area contributed by atoms with E-state index in [-0.39, 0.29) is 0 Å². The molecule has 23 heavy (non-hydrogen) atoms. The molecule has 0 amide bonds. The van der Waals surface area contributed by atoms with E-state index < -0.39 is 0 Å². The average molecular weight is 332 g/mol. The molecule has 1 fully saturated rings. The summed E-state index contributed by atoms with van der Waals surface area (Å²) < 4.78 is 11.7. The first-order valence-electron chi connectivity index (χ1n) is 8.11. The number of halogens is 1. The molecule has 4 heteroatoms. The van der Waals surface area contributed by atoms with Crippen molar-refractivity contribution in [3.63, 3.8) is 0 Å². The second-order valence-electron chi connectivity index (χ2n) is 5.79. The highest BCUT2D eigenvalue weighted by Crippen LogP contribution is 2.30. The molecule has 2 aromatic carbocycles. The lowest BCUT2D eigenvalue weighted by atomic mass is 10.2. The summed E-state index contributed by atoms with van der Waals surface area (Å²) in [4.78, 5) is 0. The van der Waals surface area contributed by atoms with Crippen molar-refractivity contribution in [1.29, 1.82) is 0 Å². The van der Waals surface area contributed by atoms with E-state index in [4.69, 9.17) is 21.1 Å². The minimum Gasteiger partial charge on any atom is -0.490 e. The van der Waals surface area contributed by atoms with Crippen molar-refractivity contribution in [3.8, 4) is 11.5 Å². The van der Waals surface area contributed by atoms with Crippen LogP contribution >= 0.6 is 11.6 Å². The Labute approximate surface area is 142 Å². The van der Waals surface area contributed by atoms with Gasteiger partial charge >= 0.3 is 0 Å². The molecule has 0 aromatic heterocycles. The van der Waals surface area contributed by atoms with E-state index in [9.17, 15) is 0 Å². The average Bonchev–Trinajstić information content (AvgIpc) is 3.37. The summed E-state index contributed by atoms with van der Waals surface area (Å²) in [6, 6.07) is 14.5. The summed E-state index contributed by atoms with van der Waals surface area (Å²) in [5.41, 5.74) is 2.26. The van der Waals surface area contributed by atoms with Gasteiger partial charge in [0.1, 0.15) is 6.61 Å². The molecule has 3 rings (SSSR count). The van der Waals surface area contributed by atoms with Crippen molar-refractivity contribution in [3.05, 3.63) is 58.6 Å². The van der Waals surface area contributed by atoms with Crippen molar-refractivity contribution in [2.45, 2.75) is 39.0 Å². The highest BCUT2D eigenvalue weighted by Gasteiger charge is 2.20. The fourth-order valence-corrected chi connectivity index (χ4v) is 2.60. The Bertz CT molecular complexity index is 656. The largest absolute Gasteiger partial charge is 0.490 e. The van der Waals surface area contributed by atoms with E-state index in [0.717, 1.165) is 28.6 Å². The van der Waals surface area contributed by atoms with E-state index in [1.165, 1.54) is 18.4 Å². The number of rotatable bonds is 8. The Hall–Kier alpha value is -1.71. The number of benzene rings is 2. The summed E-state index contributed by atoms with van der Waals surface area (Å²) in [5, 5.41) is 4.23. The van der Waals surface area contributed by atoms with Crippen molar-refractivity contribution in [1.82, 2.24) is 5.32 Å². The number of ether oxygens (including phenoxy) is 2. The Morgan fingerprint density at radius 1 is 1.04 bits per heavy atom. The smallest absolute Gasteiger partial charge is 0.161 e. The summed E-state index contributed by atoms with van der Waals surface area (Å²) in [6.07, 6.45) is 2.58. The van der Waals surface area contributed by atoms with Crippen LogP contribution in [0.4, 0.5) is 0 Å². The predicted octanol–water partition coefficient (Wildman–Crippen LogP) is 4.57. The van der Waals surface area contributed by atoms with Gasteiger partial charge in [-0.3, -0.25) is 0 Å². The lowest BCUT2D eigenvalue weighted by Gasteiger charge is -2.14. The van der Waals surface area contributed by atoms with Crippen LogP contribution < -0.4 is 14.8 Å². The van der Waals surface area contributed by atoms with Gasteiger partial charge in [-0.15, -0.1) is 0 Å². The van der Waals surface area contributed by atoms with Gasteiger partial charge in [0.2, 0.25) is 0 Å². The highest BCUT2D eigenvalue weighted by molar-refractivity contribution is 6.30. The van der Waals surface area contributed by atoms with Gasteiger partial charge in [-0.05, 0) is 55.2 Å². The molecule has 3 nitrogen and oxygen atoms in total. The van der Waals surface area contributed by atoms with Gasteiger partial charge in [0.05, 0.1) is 6.61 Å². The maximum atomic E-state index is 6.01. The van der Waals surface area contributed by atoms with Gasteiger partial charge in [-0.1, -0.05) is 29.8 Å². The quantitative estimate of drug-likeness (QED) is 0.768. The molecule has 1 N–H and O–H groups in total. The second kappa shape index (κ2) is 7.71. The highest BCUT2D eigenvalue weighted by atomic mass is 35.5. The summed E-state index contributed by atoms with van der Waals surface area (Å²) >= 11 is 6.01. The first kappa shape index (κ1) is 16.2. The molecule has 2 aromatic rings. The Balaban J connectivity index is 1.66. The molecular formula is C19H22ClNO2. The molecule has 0 heterocycles. The van der Waals surface area contributed by atoms with Crippen molar-refractivity contribution < 1.29 is 9.47 Å². The predicted molar refractivity (Wildman–Crippen MR) is 93.3 cm³/mol. The zero-order valence-corrected chi connectivity index (χ0v) is 14.1. The topological polar surface area (TPSA) is 30.5 Å². The van der Waals surface area contributed by atoms with Gasteiger partial charge in [-0.2, -0.15) is 0 Å². The SMILES string of the molecule is CCOc1cc(CNC2CC2)ccc1OCc1cccc(Cl)c1. The fourth-order valence-electron chi connectivity index (χ4n) is 2.39. The van der Waals surface area contributed by atoms with E-state index in [0.29, 0.717) is 19.3 Å². The second-order valence-corrected chi connectivity index (χ2v) is 6.22. The molecule has 122 valence electrons. The standard InChI is InChI=1S/C19H22ClNO2/c1-2-22-19-11-14(12-21-17-7-8-17)6-9-18(19)23-13-15-4-3-5-16(20)10-15/h3-6,9-11,17,21H,2,7-8,12-13H2,1H3. The zero-order chi connectivity index (χ0) is 16.1. The third kappa shape index (κ3) is 4.88. The van der Waals surface area contributed by atoms with Crippen LogP contribution in [0, 0.1) is 0 Å². The number of hydrogen-bond donors (Lipinski definition) is 1. The minimum atomic E-state index is 0.473. The molecule has 0 spiro atoms. The van der Waals surface area contributed by atoms with E-state index in [2.05, 4.69) is 17.4 Å². The molecule has 0 bridgehead atoms. The van der Waals surface area contributed by atoms with Crippen molar-refractivity contribution in [2.24, 2.45) is 0 Å². The Morgan fingerprint density at radius 2 is 1.91 bits per heavy atom. The van der Waals surface area contributed by atoms with E-state index >= 15 is 0 Å². The molecule has 1 aliphatic rings. The lowest BCUT2D eigenvalue weighted by molar-refractivity contribution is 0.269. The van der Waals surface area contributed by atoms with Crippen molar-refractivity contribution >= 4 is 11.6 Å². The van der Waals surface area contributed by atoms with Crippen LogP contribution in [-0.2, 0) is 13.2 Å². The summed E-state index contributed by atoms with van der Waals surface area (Å²) in [6.45, 7) is 3.95. The fraction of sp³-hybridized carbons (Fsp3) is 0.368. The van der Waals surface area contributed by atoms with Crippen LogP contribution in [0.3, 0.4) is 0 Å². The van der Waals surface area contributed by atoms with Crippen LogP contribution in [0.15, 0.2) is 42.5 Å². The molecule has 0 atom stereocenters. The van der Waals surface area contributed by atoms with Gasteiger partial charge in [0.15, 0.2) is 11.5 Å². The molecule has 1 aliphatic carbocycles. The van der Waals surface area contributed by atoms with Crippen LogP contribution in [0.2, 0.25) is 5.02 Å². The number of hydrogen-bond acceptors (Lipinski definition) is 3. The van der Waals surface area contributed by atoms with E-state index in [1.807, 2.05) is 37.3 Å². The van der Waals surface area contributed by atoms with E-state index in [1.54, 1.807) is 0 Å². The van der Waals surface area contributed by atoms with Crippen LogP contribution in [0.1, 0.15) is 30.9 Å². The first-order chi connectivity index (χ1) is 11.2. The van der Waals surface area contributed by atoms with Gasteiger partial charge in [0.25, 0.3) is 0 Å². The first-order valence-corrected chi connectivity index (χ1v) is 8.48. The summed E-state index contributed by atoms with van der Waals surface area (Å²) in [5.74, 6) is 1.56. The normalized spacial score (nSPS) is 13.8. The van der Waals surface area contributed by atoms with Gasteiger partial charge < -0.3 is 14.8 Å². The summed E-state index contributed by atoms with van der Waals surface area (Å²) in [7, 11) is 0. The third-order valence-corrected chi connectivity index (χ3v) is 4.00. The molecular weight excluding hydrogens is 310 g/mol. The van der Waals surface area contributed by atoms with Gasteiger partial charge in [0, 0.05) is 17.6 Å². The molecule has 0 aliphatic heterocycles. The van der Waals surface area contributed by atoms with Crippen LogP contribution in [0.25, 0.3) is 0 Å². The van der Waals surface area contributed by atoms with Gasteiger partial charge in [-0.25, -0.2) is 0 Å². The third-order valence-electron chi connectivity index (χ3n) is 3.76. The number of nitrogens with one attached hydrogen (secondary N) is 1. The Morgan fingerprint density at radius 3 is 2.65 bits per heavy atom. The zero-order valence-electron chi connectivity index (χ0n) is 13.3. The molecule has 0 unspecified atom stereocenters. The lowest BCUT2D eigenvalue weighted by Crippen LogP contribution is -2.15. The van der Waals surface area contributed by atoms with Crippen LogP contribution in [-0.4, -0.2) is 12.6 Å². The molecule has 0 saturated heterocycles. The maximum Gasteiger partial charge on any atom is 0.161 e. The molecule has 1 saturated carbocycles. The van der Waals surface area contributed by atoms with Crippen LogP contribution in [0.5, 0.6) is 11.5 Å². The minimum absolute atomic E-state index is 0.473. The maximum absolute atomic E-state index is 6.01.